The van der Waals surface area contributed by atoms with Crippen molar-refractivity contribution in [3.05, 3.63) is 45.3 Å². The number of carbonyl (C=O) groups is 1. The van der Waals surface area contributed by atoms with Crippen LogP contribution in [0.1, 0.15) is 59.2 Å². The van der Waals surface area contributed by atoms with Crippen LogP contribution in [-0.4, -0.2) is 28.9 Å². The van der Waals surface area contributed by atoms with Crippen LogP contribution in [0.3, 0.4) is 0 Å². The van der Waals surface area contributed by atoms with Gasteiger partial charge in [-0.05, 0) is 62.8 Å². The summed E-state index contributed by atoms with van der Waals surface area (Å²) < 4.78 is 1.22. The normalized spacial score (nSPS) is 19.0. The summed E-state index contributed by atoms with van der Waals surface area (Å²) in [6, 6.07) is 10.9. The van der Waals surface area contributed by atoms with Crippen molar-refractivity contribution in [2.24, 2.45) is 0 Å². The van der Waals surface area contributed by atoms with Gasteiger partial charge in [0.15, 0.2) is 0 Å². The maximum Gasteiger partial charge on any atom is 0.226 e. The molecule has 154 valence electrons. The highest BCUT2D eigenvalue weighted by Gasteiger charge is 2.29. The monoisotopic (exact) mass is 436 g/mol. The van der Waals surface area contributed by atoms with E-state index in [4.69, 9.17) is 4.98 Å². The molecule has 5 rings (SSSR count). The molecule has 7 heteroatoms. The number of amides is 1. The lowest BCUT2D eigenvalue weighted by molar-refractivity contribution is -0.116. The molecule has 1 N–H and O–H groups in total. The third-order valence-corrected chi connectivity index (χ3v) is 8.47. The molecule has 0 spiro atoms. The molecule has 5 nitrogen and oxygen atoms in total. The molecule has 0 bridgehead atoms. The number of nitrogens with one attached hydrogen (secondary N) is 1. The Kier molecular flexibility index (Phi) is 5.55. The van der Waals surface area contributed by atoms with E-state index in [2.05, 4.69) is 34.5 Å². The number of nitrogens with zero attached hydrogens (tertiary/aromatic N) is 3. The zero-order valence-corrected chi connectivity index (χ0v) is 18.5. The van der Waals surface area contributed by atoms with Crippen molar-refractivity contribution in [3.8, 4) is 6.07 Å². The average molecular weight is 437 g/mol. The molecule has 30 heavy (non-hydrogen) atoms. The summed E-state index contributed by atoms with van der Waals surface area (Å²) in [5, 5.41) is 14.5. The van der Waals surface area contributed by atoms with Crippen LogP contribution in [-0.2, 0) is 17.6 Å². The molecule has 2 aromatic heterocycles. The average Bonchev–Trinajstić information content (AvgIpc) is 3.47. The van der Waals surface area contributed by atoms with Crippen molar-refractivity contribution in [1.82, 2.24) is 9.88 Å². The van der Waals surface area contributed by atoms with Crippen LogP contribution in [0, 0.1) is 11.3 Å². The molecule has 1 unspecified atom stereocenters. The van der Waals surface area contributed by atoms with Crippen molar-refractivity contribution >= 4 is 43.8 Å². The van der Waals surface area contributed by atoms with Crippen molar-refractivity contribution in [3.63, 3.8) is 0 Å². The fraction of sp³-hybridized carbons (Fsp3) is 0.435. The molecule has 3 aromatic rings. The minimum atomic E-state index is 0.0000434. The number of aryl methyl sites for hydroxylation is 1. The topological polar surface area (TPSA) is 69.0 Å². The summed E-state index contributed by atoms with van der Waals surface area (Å²) in [4.78, 5) is 21.2. The van der Waals surface area contributed by atoms with Crippen molar-refractivity contribution in [2.45, 2.75) is 51.0 Å². The number of thiazole rings is 1. The number of hydrogen-bond acceptors (Lipinski definition) is 6. The third kappa shape index (κ3) is 3.76. The van der Waals surface area contributed by atoms with Gasteiger partial charge >= 0.3 is 0 Å². The molecule has 0 saturated carbocycles. The Bertz CT molecular complexity index is 1090. The second-order valence-electron chi connectivity index (χ2n) is 8.04. The molecule has 0 radical (unpaired) electrons. The molecule has 1 aliphatic heterocycles. The zero-order chi connectivity index (χ0) is 20.5. The van der Waals surface area contributed by atoms with E-state index in [9.17, 15) is 10.1 Å². The summed E-state index contributed by atoms with van der Waals surface area (Å²) in [6.07, 6.45) is 6.97. The Morgan fingerprint density at radius 2 is 2.10 bits per heavy atom. The lowest BCUT2D eigenvalue weighted by Gasteiger charge is -2.22. The largest absolute Gasteiger partial charge is 0.317 e. The molecule has 1 fully saturated rings. The number of fused-ring (bicyclic) bond motifs is 2. The van der Waals surface area contributed by atoms with Crippen molar-refractivity contribution in [2.75, 3.05) is 18.4 Å². The first kappa shape index (κ1) is 19.7. The van der Waals surface area contributed by atoms with Gasteiger partial charge in [0.2, 0.25) is 5.91 Å². The van der Waals surface area contributed by atoms with E-state index in [0.717, 1.165) is 60.7 Å². The van der Waals surface area contributed by atoms with Crippen LogP contribution in [0.5, 0.6) is 0 Å². The van der Waals surface area contributed by atoms with Gasteiger partial charge in [0.25, 0.3) is 0 Å². The van der Waals surface area contributed by atoms with Crippen LogP contribution in [0.2, 0.25) is 0 Å². The van der Waals surface area contributed by atoms with E-state index in [1.165, 1.54) is 21.6 Å². The lowest BCUT2D eigenvalue weighted by Crippen LogP contribution is -2.27. The van der Waals surface area contributed by atoms with Crippen LogP contribution in [0.15, 0.2) is 24.3 Å². The van der Waals surface area contributed by atoms with E-state index in [0.29, 0.717) is 18.0 Å². The number of thiophene rings is 1. The predicted octanol–water partition coefficient (Wildman–Crippen LogP) is 5.27. The second kappa shape index (κ2) is 8.46. The summed E-state index contributed by atoms with van der Waals surface area (Å²) in [6.45, 7) is 1.73. The van der Waals surface area contributed by atoms with Gasteiger partial charge in [-0.25, -0.2) is 4.98 Å². The van der Waals surface area contributed by atoms with E-state index in [-0.39, 0.29) is 5.91 Å². The van der Waals surface area contributed by atoms with E-state index in [1.54, 1.807) is 22.7 Å². The Labute approximate surface area is 184 Å². The number of aromatic nitrogens is 1. The smallest absolute Gasteiger partial charge is 0.226 e. The highest BCUT2D eigenvalue weighted by molar-refractivity contribution is 7.18. The first-order valence-corrected chi connectivity index (χ1v) is 12.3. The van der Waals surface area contributed by atoms with Gasteiger partial charge in [0.1, 0.15) is 16.1 Å². The standard InChI is InChI=1S/C23H24N4OS2/c24-14-16-15-6-1-3-9-19(15)29-22(16)26-21(28)11-13-27-12-5-8-18(27)23-25-17-7-2-4-10-20(17)30-23/h2,4,7,10,18H,1,3,5-6,8-9,11-13H2,(H,26,28). The molecule has 1 atom stereocenters. The van der Waals surface area contributed by atoms with Crippen molar-refractivity contribution < 1.29 is 4.79 Å². The Balaban J connectivity index is 1.24. The van der Waals surface area contributed by atoms with E-state index < -0.39 is 0 Å². The van der Waals surface area contributed by atoms with Crippen LogP contribution >= 0.6 is 22.7 Å². The third-order valence-electron chi connectivity index (χ3n) is 6.12. The van der Waals surface area contributed by atoms with Gasteiger partial charge in [0, 0.05) is 17.8 Å². The molecular formula is C23H24N4OS2. The number of benzene rings is 1. The molecule has 2 aliphatic rings. The number of hydrogen-bond donors (Lipinski definition) is 1. The Morgan fingerprint density at radius 1 is 1.23 bits per heavy atom. The molecule has 1 aliphatic carbocycles. The number of anilines is 1. The number of nitriles is 1. The van der Waals surface area contributed by atoms with Crippen molar-refractivity contribution in [1.29, 1.82) is 5.26 Å². The first-order chi connectivity index (χ1) is 14.7. The molecule has 1 aromatic carbocycles. The predicted molar refractivity (Wildman–Crippen MR) is 122 cm³/mol. The molecule has 3 heterocycles. The van der Waals surface area contributed by atoms with E-state index >= 15 is 0 Å². The highest BCUT2D eigenvalue weighted by Crippen LogP contribution is 2.38. The van der Waals surface area contributed by atoms with E-state index in [1.807, 2.05) is 6.07 Å². The lowest BCUT2D eigenvalue weighted by atomic mass is 9.96. The first-order valence-electron chi connectivity index (χ1n) is 10.7. The SMILES string of the molecule is N#Cc1c(NC(=O)CCN2CCCC2c2nc3ccccc3s2)sc2c1CCCC2. The van der Waals surface area contributed by atoms with Crippen LogP contribution in [0.25, 0.3) is 10.2 Å². The van der Waals surface area contributed by atoms with Gasteiger partial charge in [-0.1, -0.05) is 12.1 Å². The maximum absolute atomic E-state index is 12.7. The minimum absolute atomic E-state index is 0.0000434. The van der Waals surface area contributed by atoms with Gasteiger partial charge in [0.05, 0.1) is 21.8 Å². The van der Waals surface area contributed by atoms with Crippen LogP contribution < -0.4 is 5.32 Å². The fourth-order valence-electron chi connectivity index (χ4n) is 4.61. The minimum Gasteiger partial charge on any atom is -0.317 e. The summed E-state index contributed by atoms with van der Waals surface area (Å²) >= 11 is 3.36. The van der Waals surface area contributed by atoms with Gasteiger partial charge in [-0.3, -0.25) is 9.69 Å². The van der Waals surface area contributed by atoms with Gasteiger partial charge in [-0.15, -0.1) is 22.7 Å². The summed E-state index contributed by atoms with van der Waals surface area (Å²) in [7, 11) is 0. The highest BCUT2D eigenvalue weighted by atomic mass is 32.1. The number of carbonyl (C=O) groups excluding carboxylic acids is 1. The van der Waals surface area contributed by atoms with Crippen LogP contribution in [0.4, 0.5) is 5.00 Å². The zero-order valence-electron chi connectivity index (χ0n) is 16.8. The molecule has 1 amide bonds. The maximum atomic E-state index is 12.7. The Morgan fingerprint density at radius 3 is 2.97 bits per heavy atom. The number of para-hydroxylation sites is 1. The Hall–Kier alpha value is -2.27. The quantitative estimate of drug-likeness (QED) is 0.591. The number of rotatable bonds is 5. The molecule has 1 saturated heterocycles. The van der Waals surface area contributed by atoms with Gasteiger partial charge in [-0.2, -0.15) is 5.26 Å². The second-order valence-corrected chi connectivity index (χ2v) is 10.2. The molecular weight excluding hydrogens is 412 g/mol. The summed E-state index contributed by atoms with van der Waals surface area (Å²) in [5.41, 5.74) is 2.92. The van der Waals surface area contributed by atoms with Gasteiger partial charge < -0.3 is 5.32 Å². The number of likely N-dealkylation sites (tertiary alicyclic amines) is 1. The fourth-order valence-corrected chi connectivity index (χ4v) is 7.01. The summed E-state index contributed by atoms with van der Waals surface area (Å²) in [5.74, 6) is 0.0000434.